The lowest BCUT2D eigenvalue weighted by molar-refractivity contribution is 0.0944. The smallest absolute Gasteiger partial charge is 0.263 e. The molecule has 1 aromatic carbocycles. The minimum absolute atomic E-state index is 0.0276. The van der Waals surface area contributed by atoms with Gasteiger partial charge in [-0.3, -0.25) is 4.79 Å². The molecule has 1 unspecified atom stereocenters. The van der Waals surface area contributed by atoms with Crippen LogP contribution in [0.2, 0.25) is 0 Å². The number of nitrogens with zero attached hydrogens (tertiary/aromatic N) is 1. The van der Waals surface area contributed by atoms with Crippen molar-refractivity contribution in [3.8, 4) is 0 Å². The molecular weight excluding hydrogens is 312 g/mol. The van der Waals surface area contributed by atoms with Gasteiger partial charge >= 0.3 is 0 Å². The van der Waals surface area contributed by atoms with Crippen LogP contribution >= 0.6 is 27.3 Å². The molecule has 2 rings (SSSR count). The summed E-state index contributed by atoms with van der Waals surface area (Å²) in [7, 11) is 0. The number of thiazole rings is 1. The van der Waals surface area contributed by atoms with E-state index in [2.05, 4.69) is 26.2 Å². The third kappa shape index (κ3) is 2.97. The first-order valence-electron chi connectivity index (χ1n) is 5.54. The van der Waals surface area contributed by atoms with Gasteiger partial charge in [0, 0.05) is 5.33 Å². The summed E-state index contributed by atoms with van der Waals surface area (Å²) in [5.74, 6) is -0.0664. The standard InChI is InChI=1S/C13H13BrN2OS/c1-9-12(18-8-15-9)13(17)16-11(7-14)10-5-3-2-4-6-10/h2-6,8,11H,7H2,1H3,(H,16,17). The van der Waals surface area contributed by atoms with Gasteiger partial charge in [0.15, 0.2) is 0 Å². The van der Waals surface area contributed by atoms with E-state index in [0.717, 1.165) is 11.3 Å². The van der Waals surface area contributed by atoms with Gasteiger partial charge in [-0.15, -0.1) is 11.3 Å². The molecule has 18 heavy (non-hydrogen) atoms. The molecule has 0 aliphatic rings. The molecule has 0 spiro atoms. The lowest BCUT2D eigenvalue weighted by Gasteiger charge is -2.16. The molecule has 0 saturated heterocycles. The zero-order valence-corrected chi connectivity index (χ0v) is 12.3. The normalized spacial score (nSPS) is 12.1. The van der Waals surface area contributed by atoms with E-state index in [0.29, 0.717) is 10.2 Å². The molecule has 0 fully saturated rings. The topological polar surface area (TPSA) is 42.0 Å². The Morgan fingerprint density at radius 1 is 1.44 bits per heavy atom. The number of carbonyl (C=O) groups is 1. The molecule has 1 amide bonds. The summed E-state index contributed by atoms with van der Waals surface area (Å²) in [4.78, 5) is 16.9. The van der Waals surface area contributed by atoms with Crippen molar-refractivity contribution in [1.29, 1.82) is 0 Å². The minimum Gasteiger partial charge on any atom is -0.344 e. The molecule has 3 nitrogen and oxygen atoms in total. The third-order valence-corrected chi connectivity index (χ3v) is 4.19. The number of aromatic nitrogens is 1. The van der Waals surface area contributed by atoms with Crippen LogP contribution in [-0.2, 0) is 0 Å². The lowest BCUT2D eigenvalue weighted by Crippen LogP contribution is -2.29. The summed E-state index contributed by atoms with van der Waals surface area (Å²) in [6.07, 6.45) is 0. The maximum absolute atomic E-state index is 12.1. The average Bonchev–Trinajstić information content (AvgIpc) is 2.83. The van der Waals surface area contributed by atoms with Crippen LogP contribution in [0.15, 0.2) is 35.8 Å². The fourth-order valence-corrected chi connectivity index (χ4v) is 2.88. The van der Waals surface area contributed by atoms with Crippen LogP contribution in [0.5, 0.6) is 0 Å². The van der Waals surface area contributed by atoms with Gasteiger partial charge in [0.2, 0.25) is 0 Å². The lowest BCUT2D eigenvalue weighted by atomic mass is 10.1. The van der Waals surface area contributed by atoms with E-state index in [1.165, 1.54) is 11.3 Å². The molecule has 1 heterocycles. The Bertz CT molecular complexity index is 527. The predicted octanol–water partition coefficient (Wildman–Crippen LogP) is 3.32. The number of nitrogens with one attached hydrogen (secondary N) is 1. The van der Waals surface area contributed by atoms with Gasteiger partial charge in [-0.25, -0.2) is 4.98 Å². The zero-order valence-electron chi connectivity index (χ0n) is 9.89. The Hall–Kier alpha value is -1.20. The maximum Gasteiger partial charge on any atom is 0.263 e. The quantitative estimate of drug-likeness (QED) is 0.876. The van der Waals surface area contributed by atoms with Crippen LogP contribution < -0.4 is 5.32 Å². The van der Waals surface area contributed by atoms with Crippen LogP contribution in [-0.4, -0.2) is 16.2 Å². The zero-order chi connectivity index (χ0) is 13.0. The second-order valence-corrected chi connectivity index (χ2v) is 5.36. The van der Waals surface area contributed by atoms with Crippen LogP contribution in [0.25, 0.3) is 0 Å². The van der Waals surface area contributed by atoms with Gasteiger partial charge in [-0.1, -0.05) is 46.3 Å². The van der Waals surface area contributed by atoms with Crippen LogP contribution in [0.1, 0.15) is 27.0 Å². The van der Waals surface area contributed by atoms with Crippen molar-refractivity contribution >= 4 is 33.2 Å². The Balaban J connectivity index is 2.13. The Morgan fingerprint density at radius 2 is 2.17 bits per heavy atom. The molecule has 5 heteroatoms. The number of hydrogen-bond acceptors (Lipinski definition) is 3. The highest BCUT2D eigenvalue weighted by atomic mass is 79.9. The molecule has 0 bridgehead atoms. The number of halogens is 1. The number of hydrogen-bond donors (Lipinski definition) is 1. The Morgan fingerprint density at radius 3 is 2.72 bits per heavy atom. The monoisotopic (exact) mass is 324 g/mol. The largest absolute Gasteiger partial charge is 0.344 e. The second kappa shape index (κ2) is 6.11. The van der Waals surface area contributed by atoms with Crippen molar-refractivity contribution in [3.05, 3.63) is 52.0 Å². The summed E-state index contributed by atoms with van der Waals surface area (Å²) in [6, 6.07) is 9.88. The molecule has 0 aliphatic heterocycles. The van der Waals surface area contributed by atoms with Gasteiger partial charge in [-0.05, 0) is 12.5 Å². The molecular formula is C13H13BrN2OS. The molecule has 1 atom stereocenters. The molecule has 0 saturated carbocycles. The summed E-state index contributed by atoms with van der Waals surface area (Å²) in [6.45, 7) is 1.84. The summed E-state index contributed by atoms with van der Waals surface area (Å²) in [5, 5.41) is 3.69. The molecule has 1 aromatic heterocycles. The van der Waals surface area contributed by atoms with E-state index in [4.69, 9.17) is 0 Å². The van der Waals surface area contributed by atoms with Crippen LogP contribution in [0.4, 0.5) is 0 Å². The van der Waals surface area contributed by atoms with E-state index < -0.39 is 0 Å². The Kier molecular flexibility index (Phi) is 4.49. The van der Waals surface area contributed by atoms with Gasteiger partial charge in [0.25, 0.3) is 5.91 Å². The molecule has 94 valence electrons. The summed E-state index contributed by atoms with van der Waals surface area (Å²) < 4.78 is 0. The van der Waals surface area contributed by atoms with Gasteiger partial charge < -0.3 is 5.32 Å². The van der Waals surface area contributed by atoms with E-state index >= 15 is 0 Å². The third-order valence-electron chi connectivity index (χ3n) is 2.61. The van der Waals surface area contributed by atoms with Crippen molar-refractivity contribution in [1.82, 2.24) is 10.3 Å². The second-order valence-electron chi connectivity index (χ2n) is 3.86. The number of alkyl halides is 1. The number of amides is 1. The Labute approximate surface area is 118 Å². The van der Waals surface area contributed by atoms with Crippen molar-refractivity contribution in [2.24, 2.45) is 0 Å². The molecule has 0 radical (unpaired) electrons. The number of rotatable bonds is 4. The van der Waals surface area contributed by atoms with E-state index in [-0.39, 0.29) is 11.9 Å². The van der Waals surface area contributed by atoms with Crippen LogP contribution in [0.3, 0.4) is 0 Å². The minimum atomic E-state index is -0.0664. The molecule has 2 aromatic rings. The first kappa shape index (κ1) is 13.2. The predicted molar refractivity (Wildman–Crippen MR) is 77.3 cm³/mol. The van der Waals surface area contributed by atoms with E-state index in [1.807, 2.05) is 37.3 Å². The number of carbonyl (C=O) groups excluding carboxylic acids is 1. The highest BCUT2D eigenvalue weighted by molar-refractivity contribution is 9.09. The average molecular weight is 325 g/mol. The van der Waals surface area contributed by atoms with E-state index in [1.54, 1.807) is 5.51 Å². The van der Waals surface area contributed by atoms with E-state index in [9.17, 15) is 4.79 Å². The van der Waals surface area contributed by atoms with Crippen molar-refractivity contribution in [3.63, 3.8) is 0 Å². The highest BCUT2D eigenvalue weighted by Crippen LogP contribution is 2.18. The maximum atomic E-state index is 12.1. The number of benzene rings is 1. The summed E-state index contributed by atoms with van der Waals surface area (Å²) >= 11 is 4.80. The van der Waals surface area contributed by atoms with Crippen molar-refractivity contribution < 1.29 is 4.79 Å². The molecule has 0 aliphatic carbocycles. The first-order chi connectivity index (χ1) is 8.72. The van der Waals surface area contributed by atoms with Crippen LogP contribution in [0, 0.1) is 6.92 Å². The highest BCUT2D eigenvalue weighted by Gasteiger charge is 2.17. The molecule has 1 N–H and O–H groups in total. The SMILES string of the molecule is Cc1ncsc1C(=O)NC(CBr)c1ccccc1. The van der Waals surface area contributed by atoms with Crippen molar-refractivity contribution in [2.75, 3.05) is 5.33 Å². The fourth-order valence-electron chi connectivity index (χ4n) is 1.64. The summed E-state index contributed by atoms with van der Waals surface area (Å²) in [5.41, 5.74) is 3.55. The fraction of sp³-hybridized carbons (Fsp3) is 0.231. The van der Waals surface area contributed by atoms with Gasteiger partial charge in [0.1, 0.15) is 4.88 Å². The van der Waals surface area contributed by atoms with Gasteiger partial charge in [0.05, 0.1) is 17.2 Å². The number of aryl methyl sites for hydroxylation is 1. The van der Waals surface area contributed by atoms with Crippen molar-refractivity contribution in [2.45, 2.75) is 13.0 Å². The van der Waals surface area contributed by atoms with Gasteiger partial charge in [-0.2, -0.15) is 0 Å². The first-order valence-corrected chi connectivity index (χ1v) is 7.54.